The van der Waals surface area contributed by atoms with Crippen LogP contribution < -0.4 is 10.9 Å². The average molecular weight is 364 g/mol. The van der Waals surface area contributed by atoms with Gasteiger partial charge in [-0.05, 0) is 25.5 Å². The smallest absolute Gasteiger partial charge is 0.342 e. The SMILES string of the molecule is Cc1cc(=O)oc(C)c1C(=O)OCC(=O)Nc1cc([N+](=O)[O-])ccc1F. The number of carbonyl (C=O) groups is 2. The molecule has 26 heavy (non-hydrogen) atoms. The zero-order chi connectivity index (χ0) is 19.4. The van der Waals surface area contributed by atoms with Crippen LogP contribution >= 0.6 is 0 Å². The van der Waals surface area contributed by atoms with Gasteiger partial charge in [0.05, 0.1) is 10.6 Å². The summed E-state index contributed by atoms with van der Waals surface area (Å²) in [7, 11) is 0. The quantitative estimate of drug-likeness (QED) is 0.488. The first-order valence-electron chi connectivity index (χ1n) is 7.21. The summed E-state index contributed by atoms with van der Waals surface area (Å²) in [6.45, 7) is 2.13. The molecule has 2 aromatic rings. The van der Waals surface area contributed by atoms with Gasteiger partial charge >= 0.3 is 11.6 Å². The molecule has 0 unspecified atom stereocenters. The van der Waals surface area contributed by atoms with E-state index in [4.69, 9.17) is 9.15 Å². The fraction of sp³-hybridized carbons (Fsp3) is 0.188. The Kier molecular flexibility index (Phi) is 5.45. The molecule has 10 heteroatoms. The molecule has 0 bridgehead atoms. The topological polar surface area (TPSA) is 129 Å². The van der Waals surface area contributed by atoms with Gasteiger partial charge in [-0.1, -0.05) is 0 Å². The van der Waals surface area contributed by atoms with Crippen LogP contribution in [0, 0.1) is 29.8 Å². The second-order valence-corrected chi connectivity index (χ2v) is 5.23. The number of aryl methyl sites for hydroxylation is 2. The summed E-state index contributed by atoms with van der Waals surface area (Å²) in [4.78, 5) is 45.0. The maximum absolute atomic E-state index is 13.6. The summed E-state index contributed by atoms with van der Waals surface area (Å²) in [6, 6.07) is 3.72. The van der Waals surface area contributed by atoms with Gasteiger partial charge in [0, 0.05) is 18.2 Å². The van der Waals surface area contributed by atoms with E-state index in [0.29, 0.717) is 5.56 Å². The van der Waals surface area contributed by atoms with E-state index in [1.54, 1.807) is 0 Å². The average Bonchev–Trinajstić information content (AvgIpc) is 2.53. The molecule has 136 valence electrons. The molecule has 0 saturated heterocycles. The van der Waals surface area contributed by atoms with Gasteiger partial charge in [0.15, 0.2) is 6.61 Å². The summed E-state index contributed by atoms with van der Waals surface area (Å²) in [6.07, 6.45) is 0. The number of amides is 1. The van der Waals surface area contributed by atoms with Crippen LogP contribution in [0.1, 0.15) is 21.7 Å². The first-order chi connectivity index (χ1) is 12.2. The normalized spacial score (nSPS) is 10.3. The second-order valence-electron chi connectivity index (χ2n) is 5.23. The molecule has 1 amide bonds. The third-order valence-electron chi connectivity index (χ3n) is 3.31. The zero-order valence-electron chi connectivity index (χ0n) is 13.7. The van der Waals surface area contributed by atoms with E-state index in [1.165, 1.54) is 13.8 Å². The minimum absolute atomic E-state index is 0.000991. The number of hydrogen-bond acceptors (Lipinski definition) is 7. The lowest BCUT2D eigenvalue weighted by Crippen LogP contribution is -2.22. The van der Waals surface area contributed by atoms with E-state index in [-0.39, 0.29) is 11.3 Å². The molecular formula is C16H13FN2O7. The van der Waals surface area contributed by atoms with Gasteiger partial charge in [0.1, 0.15) is 17.1 Å². The van der Waals surface area contributed by atoms with Crippen molar-refractivity contribution in [2.75, 3.05) is 11.9 Å². The maximum atomic E-state index is 13.6. The maximum Gasteiger partial charge on any atom is 0.342 e. The number of carbonyl (C=O) groups excluding carboxylic acids is 2. The largest absolute Gasteiger partial charge is 0.452 e. The molecule has 0 spiro atoms. The Bertz CT molecular complexity index is 926. The number of nitro groups is 1. The molecule has 0 aliphatic carbocycles. The number of hydrogen-bond donors (Lipinski definition) is 1. The molecule has 0 radical (unpaired) electrons. The summed E-state index contributed by atoms with van der Waals surface area (Å²) in [5.74, 6) is -2.65. The van der Waals surface area contributed by atoms with Crippen molar-refractivity contribution in [3.05, 3.63) is 67.5 Å². The molecule has 9 nitrogen and oxygen atoms in total. The van der Waals surface area contributed by atoms with E-state index in [0.717, 1.165) is 24.3 Å². The number of esters is 1. The van der Waals surface area contributed by atoms with Crippen molar-refractivity contribution in [1.82, 2.24) is 0 Å². The van der Waals surface area contributed by atoms with Crippen molar-refractivity contribution in [3.8, 4) is 0 Å². The monoisotopic (exact) mass is 364 g/mol. The number of nitrogens with zero attached hydrogens (tertiary/aromatic N) is 1. The summed E-state index contributed by atoms with van der Waals surface area (Å²) in [5, 5.41) is 12.8. The van der Waals surface area contributed by atoms with E-state index in [2.05, 4.69) is 5.32 Å². The first kappa shape index (κ1) is 18.8. The number of rotatable bonds is 5. The number of benzene rings is 1. The van der Waals surface area contributed by atoms with Gasteiger partial charge in [0.25, 0.3) is 11.6 Å². The highest BCUT2D eigenvalue weighted by Gasteiger charge is 2.19. The van der Waals surface area contributed by atoms with E-state index in [9.17, 15) is 28.9 Å². The highest BCUT2D eigenvalue weighted by atomic mass is 19.1. The number of halogens is 1. The molecule has 1 aromatic carbocycles. The van der Waals surface area contributed by atoms with Crippen LogP contribution in [0.25, 0.3) is 0 Å². The third kappa shape index (κ3) is 4.29. The minimum atomic E-state index is -0.904. The molecule has 1 N–H and O–H groups in total. The third-order valence-corrected chi connectivity index (χ3v) is 3.31. The molecule has 0 fully saturated rings. The zero-order valence-corrected chi connectivity index (χ0v) is 13.7. The standard InChI is InChI=1S/C16H13FN2O7/c1-8-5-14(21)26-9(2)15(8)16(22)25-7-13(20)18-12-6-10(19(23)24)3-4-11(12)17/h3-6H,7H2,1-2H3,(H,18,20). The first-order valence-corrected chi connectivity index (χ1v) is 7.21. The summed E-state index contributed by atoms with van der Waals surface area (Å²) < 4.78 is 23.2. The van der Waals surface area contributed by atoms with Crippen LogP contribution in [-0.2, 0) is 9.53 Å². The van der Waals surface area contributed by atoms with Crippen molar-refractivity contribution in [1.29, 1.82) is 0 Å². The van der Waals surface area contributed by atoms with Gasteiger partial charge < -0.3 is 14.5 Å². The van der Waals surface area contributed by atoms with Gasteiger partial charge in [0.2, 0.25) is 0 Å². The van der Waals surface area contributed by atoms with Crippen molar-refractivity contribution in [2.45, 2.75) is 13.8 Å². The number of anilines is 1. The summed E-state index contributed by atoms with van der Waals surface area (Å²) >= 11 is 0. The lowest BCUT2D eigenvalue weighted by molar-refractivity contribution is -0.384. The molecule has 0 aliphatic heterocycles. The Hall–Kier alpha value is -3.56. The van der Waals surface area contributed by atoms with Crippen molar-refractivity contribution < 1.29 is 28.1 Å². The lowest BCUT2D eigenvalue weighted by Gasteiger charge is -2.09. The molecule has 0 saturated carbocycles. The number of non-ortho nitro benzene ring substituents is 1. The molecule has 1 aromatic heterocycles. The molecule has 0 aliphatic rings. The van der Waals surface area contributed by atoms with Crippen molar-refractivity contribution in [3.63, 3.8) is 0 Å². The molecule has 0 atom stereocenters. The Morgan fingerprint density at radius 3 is 2.62 bits per heavy atom. The van der Waals surface area contributed by atoms with Gasteiger partial charge in [-0.15, -0.1) is 0 Å². The van der Waals surface area contributed by atoms with Crippen molar-refractivity contribution in [2.24, 2.45) is 0 Å². The Labute approximate surface area is 145 Å². The molecule has 2 rings (SSSR count). The fourth-order valence-electron chi connectivity index (χ4n) is 2.17. The van der Waals surface area contributed by atoms with Crippen LogP contribution in [0.4, 0.5) is 15.8 Å². The highest BCUT2D eigenvalue weighted by Crippen LogP contribution is 2.21. The van der Waals surface area contributed by atoms with Crippen LogP contribution in [0.2, 0.25) is 0 Å². The number of nitro benzene ring substituents is 1. The van der Waals surface area contributed by atoms with Crippen LogP contribution in [0.3, 0.4) is 0 Å². The predicted octanol–water partition coefficient (Wildman–Crippen LogP) is 2.10. The van der Waals surface area contributed by atoms with Gasteiger partial charge in [-0.2, -0.15) is 0 Å². The molecule has 1 heterocycles. The Balaban J connectivity index is 2.06. The van der Waals surface area contributed by atoms with Gasteiger partial charge in [-0.25, -0.2) is 14.0 Å². The minimum Gasteiger partial charge on any atom is -0.452 e. The Morgan fingerprint density at radius 2 is 2.00 bits per heavy atom. The second kappa shape index (κ2) is 7.55. The number of ether oxygens (including phenoxy) is 1. The fourth-order valence-corrected chi connectivity index (χ4v) is 2.17. The van der Waals surface area contributed by atoms with E-state index in [1.807, 2.05) is 0 Å². The lowest BCUT2D eigenvalue weighted by atomic mass is 10.1. The van der Waals surface area contributed by atoms with Crippen LogP contribution in [0.5, 0.6) is 0 Å². The summed E-state index contributed by atoms with van der Waals surface area (Å²) in [5.41, 5.74) is -1.15. The van der Waals surface area contributed by atoms with E-state index < -0.39 is 46.2 Å². The predicted molar refractivity (Wildman–Crippen MR) is 86.4 cm³/mol. The Morgan fingerprint density at radius 1 is 1.31 bits per heavy atom. The highest BCUT2D eigenvalue weighted by molar-refractivity contribution is 5.96. The molecular weight excluding hydrogens is 351 g/mol. The van der Waals surface area contributed by atoms with Crippen molar-refractivity contribution >= 4 is 23.3 Å². The van der Waals surface area contributed by atoms with Crippen LogP contribution in [0.15, 0.2) is 33.5 Å². The van der Waals surface area contributed by atoms with E-state index >= 15 is 0 Å². The van der Waals surface area contributed by atoms with Crippen LogP contribution in [-0.4, -0.2) is 23.4 Å². The number of nitrogens with one attached hydrogen (secondary N) is 1. The van der Waals surface area contributed by atoms with Gasteiger partial charge in [-0.3, -0.25) is 14.9 Å².